The Morgan fingerprint density at radius 2 is 1.63 bits per heavy atom. The summed E-state index contributed by atoms with van der Waals surface area (Å²) in [5, 5.41) is 1.06. The van der Waals surface area contributed by atoms with Crippen LogP contribution in [0.5, 0.6) is 5.75 Å². The summed E-state index contributed by atoms with van der Waals surface area (Å²) in [5.41, 5.74) is 4.19. The molecule has 1 aliphatic rings. The quantitative estimate of drug-likeness (QED) is 0.679. The molecule has 0 radical (unpaired) electrons. The molecule has 0 aromatic heterocycles. The van der Waals surface area contributed by atoms with Gasteiger partial charge in [-0.15, -0.1) is 0 Å². The van der Waals surface area contributed by atoms with Gasteiger partial charge in [0.05, 0.1) is 6.61 Å². The number of ether oxygens (including phenoxy) is 1. The molecule has 0 aliphatic heterocycles. The second-order valence-electron chi connectivity index (χ2n) is 6.21. The first-order valence-corrected chi connectivity index (χ1v) is 8.45. The van der Waals surface area contributed by atoms with Gasteiger partial charge < -0.3 is 4.74 Å². The van der Waals surface area contributed by atoms with Gasteiger partial charge in [0.15, 0.2) is 0 Å². The minimum absolute atomic E-state index is 0.349. The summed E-state index contributed by atoms with van der Waals surface area (Å²) in [6, 6.07) is 4.42. The van der Waals surface area contributed by atoms with Crippen molar-refractivity contribution in [3.05, 3.63) is 28.8 Å². The van der Waals surface area contributed by atoms with Crippen molar-refractivity contribution >= 4 is 15.9 Å². The first-order chi connectivity index (χ1) is 9.06. The molecule has 0 bridgehead atoms. The van der Waals surface area contributed by atoms with E-state index < -0.39 is 0 Å². The smallest absolute Gasteiger partial charge is 0.125 e. The number of aryl methyl sites for hydroxylation is 3. The zero-order valence-corrected chi connectivity index (χ0v) is 14.0. The lowest BCUT2D eigenvalue weighted by Gasteiger charge is -2.35. The van der Waals surface area contributed by atoms with Gasteiger partial charge in [0.25, 0.3) is 0 Å². The van der Waals surface area contributed by atoms with Crippen LogP contribution in [0.4, 0.5) is 0 Å². The number of hydrogen-bond donors (Lipinski definition) is 0. The van der Waals surface area contributed by atoms with Gasteiger partial charge in [-0.1, -0.05) is 52.9 Å². The largest absolute Gasteiger partial charge is 0.492 e. The summed E-state index contributed by atoms with van der Waals surface area (Å²) in [5.74, 6) is 1.09. The standard InChI is InChI=1S/C17H25BrO/c1-13-9-14(2)16(15(3)10-13)19-12-17(11-18)7-5-4-6-8-17/h9-10H,4-8,11-12H2,1-3H3. The molecule has 0 amide bonds. The summed E-state index contributed by atoms with van der Waals surface area (Å²) in [4.78, 5) is 0. The Balaban J connectivity index is 2.09. The van der Waals surface area contributed by atoms with Gasteiger partial charge in [-0.2, -0.15) is 0 Å². The lowest BCUT2D eigenvalue weighted by molar-refractivity contribution is 0.121. The third kappa shape index (κ3) is 3.53. The Labute approximate surface area is 125 Å². The van der Waals surface area contributed by atoms with Crippen LogP contribution in [-0.4, -0.2) is 11.9 Å². The predicted octanol–water partition coefficient (Wildman–Crippen LogP) is 5.34. The van der Waals surface area contributed by atoms with Crippen LogP contribution in [0.1, 0.15) is 48.8 Å². The Kier molecular flexibility index (Phi) is 4.94. The van der Waals surface area contributed by atoms with Crippen molar-refractivity contribution in [1.29, 1.82) is 0 Å². The monoisotopic (exact) mass is 324 g/mol. The average Bonchev–Trinajstić information content (AvgIpc) is 2.38. The van der Waals surface area contributed by atoms with Gasteiger partial charge >= 0.3 is 0 Å². The van der Waals surface area contributed by atoms with E-state index in [0.717, 1.165) is 17.7 Å². The highest BCUT2D eigenvalue weighted by molar-refractivity contribution is 9.09. The molecule has 0 heterocycles. The maximum Gasteiger partial charge on any atom is 0.125 e. The number of alkyl halides is 1. The van der Waals surface area contributed by atoms with Crippen molar-refractivity contribution < 1.29 is 4.74 Å². The molecule has 2 heteroatoms. The predicted molar refractivity (Wildman–Crippen MR) is 85.5 cm³/mol. The zero-order chi connectivity index (χ0) is 13.9. The number of rotatable bonds is 4. The van der Waals surface area contributed by atoms with Crippen LogP contribution in [-0.2, 0) is 0 Å². The van der Waals surface area contributed by atoms with Crippen LogP contribution in [0, 0.1) is 26.2 Å². The molecule has 0 saturated heterocycles. The maximum atomic E-state index is 6.23. The molecule has 19 heavy (non-hydrogen) atoms. The molecule has 0 N–H and O–H groups in total. The number of benzene rings is 1. The fourth-order valence-electron chi connectivity index (χ4n) is 3.24. The van der Waals surface area contributed by atoms with E-state index >= 15 is 0 Å². The molecule has 0 spiro atoms. The minimum atomic E-state index is 0.349. The summed E-state index contributed by atoms with van der Waals surface area (Å²) in [6.45, 7) is 7.29. The fourth-order valence-corrected chi connectivity index (χ4v) is 3.96. The van der Waals surface area contributed by atoms with Gasteiger partial charge in [-0.3, -0.25) is 0 Å². The van der Waals surface area contributed by atoms with Gasteiger partial charge in [0.1, 0.15) is 5.75 Å². The van der Waals surface area contributed by atoms with Crippen LogP contribution >= 0.6 is 15.9 Å². The molecule has 106 valence electrons. The van der Waals surface area contributed by atoms with E-state index in [-0.39, 0.29) is 0 Å². The van der Waals surface area contributed by atoms with E-state index in [2.05, 4.69) is 48.8 Å². The van der Waals surface area contributed by atoms with Crippen LogP contribution in [0.15, 0.2) is 12.1 Å². The fraction of sp³-hybridized carbons (Fsp3) is 0.647. The molecule has 1 aliphatic carbocycles. The van der Waals surface area contributed by atoms with Gasteiger partial charge in [-0.05, 0) is 44.7 Å². The molecule has 1 fully saturated rings. The second kappa shape index (κ2) is 6.30. The van der Waals surface area contributed by atoms with Crippen LogP contribution in [0.2, 0.25) is 0 Å². The second-order valence-corrected chi connectivity index (χ2v) is 6.77. The normalized spacial score (nSPS) is 18.3. The molecule has 1 saturated carbocycles. The summed E-state index contributed by atoms with van der Waals surface area (Å²) < 4.78 is 6.23. The van der Waals surface area contributed by atoms with E-state index in [1.165, 1.54) is 48.8 Å². The molecule has 1 nitrogen and oxygen atoms in total. The maximum absolute atomic E-state index is 6.23. The first-order valence-electron chi connectivity index (χ1n) is 7.33. The molecule has 0 atom stereocenters. The first kappa shape index (κ1) is 14.9. The van der Waals surface area contributed by atoms with Crippen LogP contribution < -0.4 is 4.74 Å². The molecule has 2 rings (SSSR count). The highest BCUT2D eigenvalue weighted by Gasteiger charge is 2.32. The van der Waals surface area contributed by atoms with E-state index in [1.807, 2.05) is 0 Å². The third-order valence-electron chi connectivity index (χ3n) is 4.33. The van der Waals surface area contributed by atoms with Gasteiger partial charge in [-0.25, -0.2) is 0 Å². The molecular weight excluding hydrogens is 300 g/mol. The van der Waals surface area contributed by atoms with Crippen molar-refractivity contribution in [1.82, 2.24) is 0 Å². The molecular formula is C17H25BrO. The van der Waals surface area contributed by atoms with E-state index in [0.29, 0.717) is 5.41 Å². The number of hydrogen-bond acceptors (Lipinski definition) is 1. The zero-order valence-electron chi connectivity index (χ0n) is 12.4. The lowest BCUT2D eigenvalue weighted by atomic mass is 9.76. The van der Waals surface area contributed by atoms with Crippen molar-refractivity contribution in [2.24, 2.45) is 5.41 Å². The third-order valence-corrected chi connectivity index (χ3v) is 5.51. The Morgan fingerprint density at radius 1 is 1.05 bits per heavy atom. The van der Waals surface area contributed by atoms with Crippen molar-refractivity contribution in [2.75, 3.05) is 11.9 Å². The number of halogens is 1. The van der Waals surface area contributed by atoms with E-state index in [9.17, 15) is 0 Å². The molecule has 0 unspecified atom stereocenters. The Hall–Kier alpha value is -0.500. The van der Waals surface area contributed by atoms with Crippen LogP contribution in [0.3, 0.4) is 0 Å². The molecule has 1 aromatic carbocycles. The van der Waals surface area contributed by atoms with Crippen LogP contribution in [0.25, 0.3) is 0 Å². The van der Waals surface area contributed by atoms with Gasteiger partial charge in [0, 0.05) is 10.7 Å². The van der Waals surface area contributed by atoms with Crippen molar-refractivity contribution in [3.63, 3.8) is 0 Å². The molecule has 1 aromatic rings. The Bertz CT molecular complexity index is 410. The summed E-state index contributed by atoms with van der Waals surface area (Å²) in [6.07, 6.45) is 6.67. The van der Waals surface area contributed by atoms with E-state index in [4.69, 9.17) is 4.74 Å². The van der Waals surface area contributed by atoms with Crippen molar-refractivity contribution in [3.8, 4) is 5.75 Å². The van der Waals surface area contributed by atoms with Crippen molar-refractivity contribution in [2.45, 2.75) is 52.9 Å². The average molecular weight is 325 g/mol. The topological polar surface area (TPSA) is 9.23 Å². The van der Waals surface area contributed by atoms with Gasteiger partial charge in [0.2, 0.25) is 0 Å². The summed E-state index contributed by atoms with van der Waals surface area (Å²) in [7, 11) is 0. The Morgan fingerprint density at radius 3 is 2.16 bits per heavy atom. The lowest BCUT2D eigenvalue weighted by Crippen LogP contribution is -2.33. The SMILES string of the molecule is Cc1cc(C)c(OCC2(CBr)CCCCC2)c(C)c1. The van der Waals surface area contributed by atoms with E-state index in [1.54, 1.807) is 0 Å². The minimum Gasteiger partial charge on any atom is -0.492 e. The highest BCUT2D eigenvalue weighted by atomic mass is 79.9. The highest BCUT2D eigenvalue weighted by Crippen LogP contribution is 2.39. The summed E-state index contributed by atoms with van der Waals surface area (Å²) >= 11 is 3.71.